The Morgan fingerprint density at radius 2 is 1.50 bits per heavy atom. The molecule has 1 aromatic carbocycles. The highest BCUT2D eigenvalue weighted by Gasteiger charge is 2.21. The molecule has 0 aliphatic carbocycles. The topological polar surface area (TPSA) is 120 Å². The van der Waals surface area contributed by atoms with Crippen molar-refractivity contribution in [2.45, 2.75) is 32.9 Å². The number of phenols is 1. The third-order valence-electron chi connectivity index (χ3n) is 4.75. The standard InChI is InChI=1S/C17H28N2O3.C2H2O4/c1-5-13(2)19-8-6-18(7-9-19)12-14-10-15(21-3)17(20)16(11-14)22-4;3-1(4)2(5)6/h10-11,13,20H,5-9,12H2,1-4H3;(H,3,4)(H,5,6). The maximum absolute atomic E-state index is 9.97. The van der Waals surface area contributed by atoms with Crippen molar-refractivity contribution in [3.05, 3.63) is 17.7 Å². The fourth-order valence-electron chi connectivity index (χ4n) is 2.92. The molecule has 0 amide bonds. The second-order valence-electron chi connectivity index (χ2n) is 6.53. The van der Waals surface area contributed by atoms with E-state index in [0.29, 0.717) is 17.5 Å². The van der Waals surface area contributed by atoms with Crippen LogP contribution in [0.2, 0.25) is 0 Å². The molecule has 1 unspecified atom stereocenters. The van der Waals surface area contributed by atoms with Crippen LogP contribution in [0.4, 0.5) is 0 Å². The Kier molecular flexibility index (Phi) is 9.54. The van der Waals surface area contributed by atoms with E-state index in [9.17, 15) is 5.11 Å². The number of aromatic hydroxyl groups is 1. The second kappa shape index (κ2) is 11.4. The molecular weight excluding hydrogens is 368 g/mol. The number of hydrogen-bond acceptors (Lipinski definition) is 7. The molecule has 0 bridgehead atoms. The lowest BCUT2D eigenvalue weighted by molar-refractivity contribution is -0.159. The first-order chi connectivity index (χ1) is 13.2. The number of carboxylic acid groups (broad SMARTS) is 2. The van der Waals surface area contributed by atoms with E-state index >= 15 is 0 Å². The summed E-state index contributed by atoms with van der Waals surface area (Å²) in [4.78, 5) is 23.2. The minimum atomic E-state index is -1.82. The molecule has 9 nitrogen and oxygen atoms in total. The lowest BCUT2D eigenvalue weighted by atomic mass is 10.1. The highest BCUT2D eigenvalue weighted by atomic mass is 16.5. The lowest BCUT2D eigenvalue weighted by Crippen LogP contribution is -2.48. The number of nitrogens with zero attached hydrogens (tertiary/aromatic N) is 2. The molecule has 9 heteroatoms. The van der Waals surface area contributed by atoms with Gasteiger partial charge in [-0.2, -0.15) is 0 Å². The van der Waals surface area contributed by atoms with Crippen molar-refractivity contribution >= 4 is 11.9 Å². The zero-order chi connectivity index (χ0) is 21.3. The van der Waals surface area contributed by atoms with Gasteiger partial charge in [-0.05, 0) is 31.0 Å². The van der Waals surface area contributed by atoms with Crippen LogP contribution in [0, 0.1) is 0 Å². The van der Waals surface area contributed by atoms with E-state index in [1.54, 1.807) is 14.2 Å². The van der Waals surface area contributed by atoms with E-state index < -0.39 is 11.9 Å². The van der Waals surface area contributed by atoms with Crippen LogP contribution in [0.1, 0.15) is 25.8 Å². The van der Waals surface area contributed by atoms with Gasteiger partial charge < -0.3 is 24.8 Å². The third-order valence-corrected chi connectivity index (χ3v) is 4.75. The molecule has 0 spiro atoms. The SMILES string of the molecule is CCC(C)N1CCN(Cc2cc(OC)c(O)c(OC)c2)CC1.O=C(O)C(=O)O. The Morgan fingerprint density at radius 1 is 1.04 bits per heavy atom. The van der Waals surface area contributed by atoms with Gasteiger partial charge in [-0.3, -0.25) is 9.80 Å². The van der Waals surface area contributed by atoms with Gasteiger partial charge in [0.2, 0.25) is 5.75 Å². The summed E-state index contributed by atoms with van der Waals surface area (Å²) in [6.07, 6.45) is 1.20. The zero-order valence-corrected chi connectivity index (χ0v) is 16.8. The van der Waals surface area contributed by atoms with Crippen LogP contribution in [0.25, 0.3) is 0 Å². The van der Waals surface area contributed by atoms with E-state index in [1.807, 2.05) is 12.1 Å². The van der Waals surface area contributed by atoms with Gasteiger partial charge in [0.1, 0.15) is 0 Å². The molecule has 0 radical (unpaired) electrons. The molecule has 2 rings (SSSR count). The van der Waals surface area contributed by atoms with Gasteiger partial charge in [0.15, 0.2) is 11.5 Å². The summed E-state index contributed by atoms with van der Waals surface area (Å²) in [7, 11) is 3.12. The van der Waals surface area contributed by atoms with Crippen molar-refractivity contribution in [3.8, 4) is 17.2 Å². The molecule has 1 fully saturated rings. The second-order valence-corrected chi connectivity index (χ2v) is 6.53. The van der Waals surface area contributed by atoms with Gasteiger partial charge in [0.25, 0.3) is 0 Å². The number of methoxy groups -OCH3 is 2. The maximum atomic E-state index is 9.97. The first-order valence-electron chi connectivity index (χ1n) is 9.09. The van der Waals surface area contributed by atoms with Crippen LogP contribution in [0.5, 0.6) is 17.2 Å². The van der Waals surface area contributed by atoms with Crippen LogP contribution in [-0.2, 0) is 16.1 Å². The summed E-state index contributed by atoms with van der Waals surface area (Å²) in [5, 5.41) is 24.8. The minimum Gasteiger partial charge on any atom is -0.502 e. The Hall–Kier alpha value is -2.52. The third kappa shape index (κ3) is 6.90. The first kappa shape index (κ1) is 23.5. The van der Waals surface area contributed by atoms with Gasteiger partial charge in [0.05, 0.1) is 14.2 Å². The van der Waals surface area contributed by atoms with Gasteiger partial charge in [-0.1, -0.05) is 6.92 Å². The Bertz CT molecular complexity index is 621. The number of carbonyl (C=O) groups is 2. The van der Waals surface area contributed by atoms with Crippen LogP contribution < -0.4 is 9.47 Å². The predicted octanol–water partition coefficient (Wildman–Crippen LogP) is 1.48. The van der Waals surface area contributed by atoms with Crippen molar-refractivity contribution in [3.63, 3.8) is 0 Å². The monoisotopic (exact) mass is 398 g/mol. The number of carboxylic acids is 2. The number of rotatable bonds is 6. The predicted molar refractivity (Wildman–Crippen MR) is 103 cm³/mol. The van der Waals surface area contributed by atoms with E-state index in [2.05, 4.69) is 23.6 Å². The normalized spacial score (nSPS) is 15.9. The van der Waals surface area contributed by atoms with Crippen LogP contribution in [-0.4, -0.2) is 83.5 Å². The molecular formula is C19H30N2O7. The molecule has 1 aromatic rings. The molecule has 1 saturated heterocycles. The zero-order valence-electron chi connectivity index (χ0n) is 16.8. The van der Waals surface area contributed by atoms with Gasteiger partial charge in [-0.25, -0.2) is 9.59 Å². The van der Waals surface area contributed by atoms with Crippen molar-refractivity contribution in [2.75, 3.05) is 40.4 Å². The molecule has 0 aromatic heterocycles. The van der Waals surface area contributed by atoms with Crippen molar-refractivity contribution in [1.82, 2.24) is 9.80 Å². The smallest absolute Gasteiger partial charge is 0.414 e. The van der Waals surface area contributed by atoms with E-state index in [1.165, 1.54) is 6.42 Å². The van der Waals surface area contributed by atoms with Crippen molar-refractivity contribution in [1.29, 1.82) is 0 Å². The Labute approximate surface area is 165 Å². The molecule has 3 N–H and O–H groups in total. The summed E-state index contributed by atoms with van der Waals surface area (Å²) in [6.45, 7) is 9.74. The highest BCUT2D eigenvalue weighted by Crippen LogP contribution is 2.37. The maximum Gasteiger partial charge on any atom is 0.414 e. The van der Waals surface area contributed by atoms with E-state index in [0.717, 1.165) is 38.3 Å². The number of hydrogen-bond donors (Lipinski definition) is 3. The molecule has 0 saturated carbocycles. The van der Waals surface area contributed by atoms with E-state index in [-0.39, 0.29) is 5.75 Å². The first-order valence-corrected chi connectivity index (χ1v) is 9.09. The quantitative estimate of drug-likeness (QED) is 0.612. The molecule has 28 heavy (non-hydrogen) atoms. The fourth-order valence-corrected chi connectivity index (χ4v) is 2.92. The number of piperazine rings is 1. The average Bonchev–Trinajstić information content (AvgIpc) is 2.69. The number of benzene rings is 1. The molecule has 1 heterocycles. The Balaban J connectivity index is 0.000000568. The summed E-state index contributed by atoms with van der Waals surface area (Å²) in [5.74, 6) is -2.65. The number of phenolic OH excluding ortho intramolecular Hbond substituents is 1. The summed E-state index contributed by atoms with van der Waals surface area (Å²) in [6, 6.07) is 4.44. The van der Waals surface area contributed by atoms with E-state index in [4.69, 9.17) is 29.3 Å². The summed E-state index contributed by atoms with van der Waals surface area (Å²) < 4.78 is 10.4. The van der Waals surface area contributed by atoms with Crippen LogP contribution in [0.15, 0.2) is 12.1 Å². The molecule has 1 aliphatic heterocycles. The summed E-state index contributed by atoms with van der Waals surface area (Å²) in [5.41, 5.74) is 1.10. The number of ether oxygens (including phenoxy) is 2. The lowest BCUT2D eigenvalue weighted by Gasteiger charge is -2.37. The van der Waals surface area contributed by atoms with Crippen molar-refractivity contribution < 1.29 is 34.4 Å². The fraction of sp³-hybridized carbons (Fsp3) is 0.579. The minimum absolute atomic E-state index is 0.0651. The van der Waals surface area contributed by atoms with Gasteiger partial charge >= 0.3 is 11.9 Å². The molecule has 1 aliphatic rings. The van der Waals surface area contributed by atoms with Crippen molar-refractivity contribution in [2.24, 2.45) is 0 Å². The summed E-state index contributed by atoms with van der Waals surface area (Å²) >= 11 is 0. The molecule has 158 valence electrons. The van der Waals surface area contributed by atoms with Crippen LogP contribution in [0.3, 0.4) is 0 Å². The average molecular weight is 398 g/mol. The van der Waals surface area contributed by atoms with Gasteiger partial charge in [0, 0.05) is 38.8 Å². The Morgan fingerprint density at radius 3 is 1.86 bits per heavy atom. The van der Waals surface area contributed by atoms with Crippen LogP contribution >= 0.6 is 0 Å². The van der Waals surface area contributed by atoms with Gasteiger partial charge in [-0.15, -0.1) is 0 Å². The highest BCUT2D eigenvalue weighted by molar-refractivity contribution is 6.27. The largest absolute Gasteiger partial charge is 0.502 e. The number of aliphatic carboxylic acids is 2. The molecule has 1 atom stereocenters.